The highest BCUT2D eigenvalue weighted by atomic mass is 16.3. The molecule has 0 bridgehead atoms. The highest BCUT2D eigenvalue weighted by Gasteiger charge is 2.16. The molecule has 0 saturated heterocycles. The van der Waals surface area contributed by atoms with Crippen LogP contribution >= 0.6 is 0 Å². The summed E-state index contributed by atoms with van der Waals surface area (Å²) in [6.45, 7) is 0. The maximum absolute atomic E-state index is 9.32. The van der Waals surface area contributed by atoms with E-state index in [0.29, 0.717) is 5.56 Å². The lowest BCUT2D eigenvalue weighted by Crippen LogP contribution is -2.15. The molecule has 0 aliphatic carbocycles. The Morgan fingerprint density at radius 1 is 1.17 bits per heavy atom. The quantitative estimate of drug-likeness (QED) is 0.627. The van der Waals surface area contributed by atoms with E-state index < -0.39 is 12.2 Å². The number of nitriles is 1. The normalized spacial score (nSPS) is 14.8. The van der Waals surface area contributed by atoms with Crippen molar-refractivity contribution in [2.75, 3.05) is 0 Å². The molecule has 3 heteroatoms. The van der Waals surface area contributed by atoms with Crippen molar-refractivity contribution in [1.82, 2.24) is 0 Å². The average molecular weight is 163 g/mol. The largest absolute Gasteiger partial charge is 0.385 e. The monoisotopic (exact) mass is 163 g/mol. The third-order valence-electron chi connectivity index (χ3n) is 1.57. The second-order valence-corrected chi connectivity index (χ2v) is 2.43. The Hall–Kier alpha value is -1.37. The molecule has 0 radical (unpaired) electrons. The van der Waals surface area contributed by atoms with Crippen LogP contribution < -0.4 is 0 Å². The van der Waals surface area contributed by atoms with E-state index in [0.717, 1.165) is 0 Å². The minimum Gasteiger partial charge on any atom is -0.385 e. The second-order valence-electron chi connectivity index (χ2n) is 2.43. The molecular weight excluding hydrogens is 154 g/mol. The molecule has 0 heterocycles. The van der Waals surface area contributed by atoms with Crippen LogP contribution in [0.3, 0.4) is 0 Å². The first-order chi connectivity index (χ1) is 5.75. The highest BCUT2D eigenvalue weighted by molar-refractivity contribution is 5.19. The van der Waals surface area contributed by atoms with Crippen molar-refractivity contribution in [1.29, 1.82) is 5.26 Å². The van der Waals surface area contributed by atoms with Gasteiger partial charge in [-0.3, -0.25) is 0 Å². The smallest absolute Gasteiger partial charge is 0.170 e. The van der Waals surface area contributed by atoms with E-state index in [1.54, 1.807) is 36.4 Å². The summed E-state index contributed by atoms with van der Waals surface area (Å²) >= 11 is 0. The number of benzene rings is 1. The third-order valence-corrected chi connectivity index (χ3v) is 1.57. The third kappa shape index (κ3) is 1.82. The molecule has 0 saturated carbocycles. The van der Waals surface area contributed by atoms with Crippen LogP contribution in [0.25, 0.3) is 0 Å². The fourth-order valence-corrected chi connectivity index (χ4v) is 0.903. The predicted molar refractivity (Wildman–Crippen MR) is 43.0 cm³/mol. The summed E-state index contributed by atoms with van der Waals surface area (Å²) in [6, 6.07) is 10.2. The lowest BCUT2D eigenvalue weighted by Gasteiger charge is -2.10. The summed E-state index contributed by atoms with van der Waals surface area (Å²) in [5.74, 6) is 0. The van der Waals surface area contributed by atoms with Crippen LogP contribution in [0.4, 0.5) is 0 Å². The highest BCUT2D eigenvalue weighted by Crippen LogP contribution is 2.15. The molecule has 1 rings (SSSR count). The van der Waals surface area contributed by atoms with Crippen molar-refractivity contribution >= 4 is 0 Å². The number of aliphatic hydroxyl groups is 2. The standard InChI is InChI=1S/C9H9NO2/c10-6-8(11)9(12)7-4-2-1-3-5-7/h1-5,8-9,11-12H. The molecule has 2 unspecified atom stereocenters. The van der Waals surface area contributed by atoms with E-state index in [-0.39, 0.29) is 0 Å². The lowest BCUT2D eigenvalue weighted by atomic mass is 10.1. The summed E-state index contributed by atoms with van der Waals surface area (Å²) in [5, 5.41) is 26.6. The first-order valence-corrected chi connectivity index (χ1v) is 3.56. The van der Waals surface area contributed by atoms with E-state index in [2.05, 4.69) is 0 Å². The van der Waals surface area contributed by atoms with E-state index in [1.165, 1.54) is 0 Å². The number of rotatable bonds is 2. The Kier molecular flexibility index (Phi) is 2.81. The maximum Gasteiger partial charge on any atom is 0.170 e. The summed E-state index contributed by atoms with van der Waals surface area (Å²) in [4.78, 5) is 0. The van der Waals surface area contributed by atoms with Crippen molar-refractivity contribution in [2.24, 2.45) is 0 Å². The van der Waals surface area contributed by atoms with Gasteiger partial charge >= 0.3 is 0 Å². The molecule has 0 fully saturated rings. The molecule has 0 aliphatic rings. The molecule has 62 valence electrons. The van der Waals surface area contributed by atoms with Gasteiger partial charge in [0, 0.05) is 0 Å². The molecule has 0 aliphatic heterocycles. The Bertz CT molecular complexity index is 278. The van der Waals surface area contributed by atoms with Crippen LogP contribution in [0.1, 0.15) is 11.7 Å². The zero-order valence-electron chi connectivity index (χ0n) is 6.38. The zero-order valence-corrected chi connectivity index (χ0v) is 6.38. The zero-order chi connectivity index (χ0) is 8.97. The first kappa shape index (κ1) is 8.72. The van der Waals surface area contributed by atoms with Gasteiger partial charge in [0.2, 0.25) is 0 Å². The lowest BCUT2D eigenvalue weighted by molar-refractivity contribution is 0.0528. The molecule has 0 amide bonds. The van der Waals surface area contributed by atoms with Gasteiger partial charge in [-0.2, -0.15) is 5.26 Å². The fourth-order valence-electron chi connectivity index (χ4n) is 0.903. The Labute approximate surface area is 70.5 Å². The number of hydrogen-bond acceptors (Lipinski definition) is 3. The molecule has 3 nitrogen and oxygen atoms in total. The van der Waals surface area contributed by atoms with Crippen molar-refractivity contribution in [2.45, 2.75) is 12.2 Å². The summed E-state index contributed by atoms with van der Waals surface area (Å²) in [6.07, 6.45) is -2.47. The molecule has 0 aromatic heterocycles. The van der Waals surface area contributed by atoms with Gasteiger partial charge in [0.15, 0.2) is 6.10 Å². The van der Waals surface area contributed by atoms with Gasteiger partial charge < -0.3 is 10.2 Å². The van der Waals surface area contributed by atoms with Crippen LogP contribution in [0.15, 0.2) is 30.3 Å². The Morgan fingerprint density at radius 3 is 2.25 bits per heavy atom. The van der Waals surface area contributed by atoms with Crippen LogP contribution in [0.5, 0.6) is 0 Å². The molecule has 1 aromatic rings. The van der Waals surface area contributed by atoms with Crippen molar-refractivity contribution in [3.63, 3.8) is 0 Å². The van der Waals surface area contributed by atoms with Crippen LogP contribution in [0.2, 0.25) is 0 Å². The Balaban J connectivity index is 2.80. The predicted octanol–water partition coefficient (Wildman–Crippen LogP) is 0.604. The topological polar surface area (TPSA) is 64.2 Å². The number of aliphatic hydroxyl groups excluding tert-OH is 2. The molecule has 2 N–H and O–H groups in total. The fraction of sp³-hybridized carbons (Fsp3) is 0.222. The van der Waals surface area contributed by atoms with E-state index in [1.807, 2.05) is 0 Å². The summed E-state index contributed by atoms with van der Waals surface area (Å²) < 4.78 is 0. The van der Waals surface area contributed by atoms with Gasteiger partial charge in [-0.1, -0.05) is 30.3 Å². The number of hydrogen-bond donors (Lipinski definition) is 2. The van der Waals surface area contributed by atoms with Gasteiger partial charge in [0.1, 0.15) is 6.10 Å². The SMILES string of the molecule is N#CC(O)C(O)c1ccccc1. The molecule has 0 spiro atoms. The second kappa shape index (κ2) is 3.86. The van der Waals surface area contributed by atoms with Gasteiger partial charge in [-0.15, -0.1) is 0 Å². The van der Waals surface area contributed by atoms with Gasteiger partial charge in [0.05, 0.1) is 6.07 Å². The van der Waals surface area contributed by atoms with E-state index >= 15 is 0 Å². The van der Waals surface area contributed by atoms with Crippen LogP contribution in [-0.4, -0.2) is 16.3 Å². The molecular formula is C9H9NO2. The van der Waals surface area contributed by atoms with Crippen molar-refractivity contribution < 1.29 is 10.2 Å². The molecule has 2 atom stereocenters. The summed E-state index contributed by atoms with van der Waals surface area (Å²) in [7, 11) is 0. The molecule has 1 aromatic carbocycles. The average Bonchev–Trinajstić information content (AvgIpc) is 2.17. The van der Waals surface area contributed by atoms with Gasteiger partial charge in [-0.05, 0) is 5.56 Å². The Morgan fingerprint density at radius 2 is 1.75 bits per heavy atom. The van der Waals surface area contributed by atoms with Crippen molar-refractivity contribution in [3.05, 3.63) is 35.9 Å². The van der Waals surface area contributed by atoms with Gasteiger partial charge in [0.25, 0.3) is 0 Å². The summed E-state index contributed by atoms with van der Waals surface area (Å²) in [5.41, 5.74) is 0.548. The number of nitrogens with zero attached hydrogens (tertiary/aromatic N) is 1. The minimum atomic E-state index is -1.35. The molecule has 12 heavy (non-hydrogen) atoms. The van der Waals surface area contributed by atoms with Gasteiger partial charge in [-0.25, -0.2) is 0 Å². The first-order valence-electron chi connectivity index (χ1n) is 3.56. The maximum atomic E-state index is 9.32. The minimum absolute atomic E-state index is 0.548. The van der Waals surface area contributed by atoms with E-state index in [4.69, 9.17) is 10.4 Å². The van der Waals surface area contributed by atoms with E-state index in [9.17, 15) is 5.11 Å². The van der Waals surface area contributed by atoms with Crippen molar-refractivity contribution in [3.8, 4) is 6.07 Å². The van der Waals surface area contributed by atoms with Crippen LogP contribution in [0, 0.1) is 11.3 Å². The van der Waals surface area contributed by atoms with Crippen LogP contribution in [-0.2, 0) is 0 Å².